The Morgan fingerprint density at radius 3 is 2.94 bits per heavy atom. The number of aromatic nitrogens is 4. The Morgan fingerprint density at radius 1 is 1.39 bits per heavy atom. The van der Waals surface area contributed by atoms with Crippen molar-refractivity contribution in [3.63, 3.8) is 0 Å². The fraction of sp³-hybridized carbons (Fsp3) is 0. The number of nitrogens with zero attached hydrogens (tertiary/aromatic N) is 3. The van der Waals surface area contributed by atoms with E-state index >= 15 is 0 Å². The van der Waals surface area contributed by atoms with Crippen LogP contribution in [-0.2, 0) is 4.79 Å². The highest BCUT2D eigenvalue weighted by Crippen LogP contribution is 2.12. The van der Waals surface area contributed by atoms with E-state index in [9.17, 15) is 9.59 Å². The van der Waals surface area contributed by atoms with Gasteiger partial charge in [0.05, 0.1) is 0 Å². The fourth-order valence-electron chi connectivity index (χ4n) is 1.36. The van der Waals surface area contributed by atoms with Crippen molar-refractivity contribution in [1.82, 2.24) is 20.6 Å². The maximum absolute atomic E-state index is 11.9. The van der Waals surface area contributed by atoms with Crippen molar-refractivity contribution in [2.75, 3.05) is 5.32 Å². The first kappa shape index (κ1) is 11.6. The Labute approximate surface area is 102 Å². The summed E-state index contributed by atoms with van der Waals surface area (Å²) in [5, 5.41) is 15.1. The molecular formula is C11H8N5O2. The molecule has 0 unspecified atom stereocenters. The van der Waals surface area contributed by atoms with Gasteiger partial charge >= 0.3 is 0 Å². The Balaban J connectivity index is 2.24. The molecule has 0 aliphatic heterocycles. The predicted octanol–water partition coefficient (Wildman–Crippen LogP) is 0.575. The van der Waals surface area contributed by atoms with Gasteiger partial charge in [0.15, 0.2) is 0 Å². The lowest BCUT2D eigenvalue weighted by atomic mass is 10.1. The first-order chi connectivity index (χ1) is 8.81. The van der Waals surface area contributed by atoms with Gasteiger partial charge in [0.1, 0.15) is 0 Å². The van der Waals surface area contributed by atoms with E-state index in [1.54, 1.807) is 30.6 Å². The molecule has 1 heterocycles. The van der Waals surface area contributed by atoms with Crippen LogP contribution >= 0.6 is 0 Å². The SMILES string of the molecule is O=[C]/C=C/c1ccccc1C(=O)Nc1nnn[nH]1. The Morgan fingerprint density at radius 2 is 2.22 bits per heavy atom. The Hall–Kier alpha value is -2.83. The highest BCUT2D eigenvalue weighted by molar-refractivity contribution is 6.06. The van der Waals surface area contributed by atoms with Gasteiger partial charge in [-0.25, -0.2) is 5.10 Å². The zero-order valence-corrected chi connectivity index (χ0v) is 9.12. The summed E-state index contributed by atoms with van der Waals surface area (Å²) < 4.78 is 0. The molecule has 2 rings (SSSR count). The van der Waals surface area contributed by atoms with Crippen molar-refractivity contribution < 1.29 is 9.59 Å². The number of nitrogens with one attached hydrogen (secondary N) is 2. The van der Waals surface area contributed by atoms with Crippen LogP contribution in [-0.4, -0.2) is 32.8 Å². The first-order valence-electron chi connectivity index (χ1n) is 4.99. The van der Waals surface area contributed by atoms with Crippen LogP contribution in [0.3, 0.4) is 0 Å². The molecule has 0 aliphatic rings. The van der Waals surface area contributed by atoms with Crippen LogP contribution in [0, 0.1) is 0 Å². The molecule has 18 heavy (non-hydrogen) atoms. The molecule has 89 valence electrons. The number of aromatic amines is 1. The third kappa shape index (κ3) is 2.64. The minimum absolute atomic E-state index is 0.153. The number of carbonyl (C=O) groups excluding carboxylic acids is 2. The molecule has 1 amide bonds. The van der Waals surface area contributed by atoms with E-state index in [0.717, 1.165) is 0 Å². The molecule has 1 aromatic carbocycles. The second-order valence-corrected chi connectivity index (χ2v) is 3.24. The average Bonchev–Trinajstić information content (AvgIpc) is 2.89. The molecule has 0 bridgehead atoms. The van der Waals surface area contributed by atoms with Gasteiger partial charge in [-0.05, 0) is 28.1 Å². The lowest BCUT2D eigenvalue weighted by Crippen LogP contribution is -2.14. The Kier molecular flexibility index (Phi) is 3.55. The number of allylic oxidation sites excluding steroid dienone is 1. The van der Waals surface area contributed by atoms with Crippen molar-refractivity contribution in [3.8, 4) is 0 Å². The number of amides is 1. The van der Waals surface area contributed by atoms with E-state index in [1.165, 1.54) is 12.2 Å². The highest BCUT2D eigenvalue weighted by atomic mass is 16.1. The minimum Gasteiger partial charge on any atom is -0.289 e. The van der Waals surface area contributed by atoms with Crippen molar-refractivity contribution in [3.05, 3.63) is 41.5 Å². The van der Waals surface area contributed by atoms with Crippen LogP contribution in [0.1, 0.15) is 15.9 Å². The van der Waals surface area contributed by atoms with Crippen LogP contribution in [0.2, 0.25) is 0 Å². The lowest BCUT2D eigenvalue weighted by molar-refractivity contribution is 0.102. The van der Waals surface area contributed by atoms with Crippen LogP contribution in [0.4, 0.5) is 5.95 Å². The number of tetrazole rings is 1. The smallest absolute Gasteiger partial charge is 0.258 e. The van der Waals surface area contributed by atoms with Crippen molar-refractivity contribution in [1.29, 1.82) is 0 Å². The zero-order valence-electron chi connectivity index (χ0n) is 9.12. The molecule has 1 aromatic heterocycles. The average molecular weight is 242 g/mol. The second kappa shape index (κ2) is 5.48. The quantitative estimate of drug-likeness (QED) is 0.763. The van der Waals surface area contributed by atoms with Crippen molar-refractivity contribution in [2.24, 2.45) is 0 Å². The van der Waals surface area contributed by atoms with Gasteiger partial charge in [0.25, 0.3) is 5.91 Å². The normalized spacial score (nSPS) is 10.4. The number of rotatable bonds is 4. The van der Waals surface area contributed by atoms with Crippen LogP contribution in [0.15, 0.2) is 30.3 Å². The molecule has 0 fully saturated rings. The summed E-state index contributed by atoms with van der Waals surface area (Å²) in [6.07, 6.45) is 4.32. The number of benzene rings is 1. The number of anilines is 1. The van der Waals surface area contributed by atoms with Gasteiger partial charge in [-0.3, -0.25) is 14.9 Å². The topological polar surface area (TPSA) is 101 Å². The van der Waals surface area contributed by atoms with Gasteiger partial charge in [-0.15, -0.1) is 0 Å². The third-order valence-corrected chi connectivity index (χ3v) is 2.11. The maximum atomic E-state index is 11.9. The number of H-pyrrole nitrogens is 1. The van der Waals surface area contributed by atoms with Crippen LogP contribution in [0.5, 0.6) is 0 Å². The molecule has 2 aromatic rings. The maximum Gasteiger partial charge on any atom is 0.258 e. The molecule has 2 N–H and O–H groups in total. The molecular weight excluding hydrogens is 234 g/mol. The minimum atomic E-state index is -0.375. The van der Waals surface area contributed by atoms with Gasteiger partial charge in [-0.2, -0.15) is 0 Å². The van der Waals surface area contributed by atoms with Crippen molar-refractivity contribution in [2.45, 2.75) is 0 Å². The molecule has 0 saturated heterocycles. The second-order valence-electron chi connectivity index (χ2n) is 3.24. The predicted molar refractivity (Wildman–Crippen MR) is 63.3 cm³/mol. The molecule has 1 radical (unpaired) electrons. The van der Waals surface area contributed by atoms with E-state index in [1.807, 2.05) is 0 Å². The standard InChI is InChI=1S/C11H8N5O2/c17-7-3-5-8-4-1-2-6-9(8)10(18)12-11-13-15-16-14-11/h1-6H,(H2,12,13,14,15,16,18)/b5-3+. The van der Waals surface area contributed by atoms with Gasteiger partial charge < -0.3 is 0 Å². The largest absolute Gasteiger partial charge is 0.289 e. The summed E-state index contributed by atoms with van der Waals surface area (Å²) in [6.45, 7) is 0. The Bertz CT molecular complexity index is 577. The van der Waals surface area contributed by atoms with E-state index < -0.39 is 0 Å². The van der Waals surface area contributed by atoms with Gasteiger partial charge in [0, 0.05) is 5.56 Å². The molecule has 0 saturated carbocycles. The summed E-state index contributed by atoms with van der Waals surface area (Å²) >= 11 is 0. The van der Waals surface area contributed by atoms with E-state index in [-0.39, 0.29) is 11.9 Å². The molecule has 0 spiro atoms. The van der Waals surface area contributed by atoms with Gasteiger partial charge in [0.2, 0.25) is 12.2 Å². The molecule has 0 aliphatic carbocycles. The zero-order chi connectivity index (χ0) is 12.8. The van der Waals surface area contributed by atoms with Crippen LogP contribution < -0.4 is 5.32 Å². The van der Waals surface area contributed by atoms with E-state index in [4.69, 9.17) is 0 Å². The summed E-state index contributed by atoms with van der Waals surface area (Å²) in [6, 6.07) is 6.82. The number of hydrogen-bond acceptors (Lipinski definition) is 5. The molecule has 0 atom stereocenters. The molecule has 7 heteroatoms. The summed E-state index contributed by atoms with van der Waals surface area (Å²) in [5.41, 5.74) is 1.01. The van der Waals surface area contributed by atoms with E-state index in [2.05, 4.69) is 25.9 Å². The highest BCUT2D eigenvalue weighted by Gasteiger charge is 2.10. The van der Waals surface area contributed by atoms with Gasteiger partial charge in [-0.1, -0.05) is 29.4 Å². The number of carbonyl (C=O) groups is 1. The fourth-order valence-corrected chi connectivity index (χ4v) is 1.36. The summed E-state index contributed by atoms with van der Waals surface area (Å²) in [7, 11) is 0. The third-order valence-electron chi connectivity index (χ3n) is 2.11. The van der Waals surface area contributed by atoms with Crippen molar-refractivity contribution >= 4 is 24.2 Å². The lowest BCUT2D eigenvalue weighted by Gasteiger charge is -2.04. The summed E-state index contributed by atoms with van der Waals surface area (Å²) in [5.74, 6) is -0.222. The first-order valence-corrected chi connectivity index (χ1v) is 4.99. The summed E-state index contributed by atoms with van der Waals surface area (Å²) in [4.78, 5) is 22.1. The molecule has 7 nitrogen and oxygen atoms in total. The van der Waals surface area contributed by atoms with E-state index in [0.29, 0.717) is 11.1 Å². The number of hydrogen-bond donors (Lipinski definition) is 2. The monoisotopic (exact) mass is 242 g/mol. The van der Waals surface area contributed by atoms with Crippen LogP contribution in [0.25, 0.3) is 6.08 Å².